The molecule has 52 heavy (non-hydrogen) atoms. The molecule has 3 aliphatic heterocycles. The molecule has 0 saturated heterocycles. The summed E-state index contributed by atoms with van der Waals surface area (Å²) in [4.78, 5) is 44.9. The van der Waals surface area contributed by atoms with E-state index < -0.39 is 0 Å². The maximum absolute atomic E-state index is 6.69. The first-order valence-corrected chi connectivity index (χ1v) is 16.7. The molecule has 11 rings (SSSR count). The van der Waals surface area contributed by atoms with E-state index >= 15 is 0 Å². The zero-order valence-electron chi connectivity index (χ0n) is 27.5. The van der Waals surface area contributed by atoms with E-state index in [4.69, 9.17) is 49.6 Å². The quantitative estimate of drug-likeness (QED) is 0.161. The first-order valence-electron chi connectivity index (χ1n) is 16.7. The van der Waals surface area contributed by atoms with Crippen molar-refractivity contribution < 1.29 is 24.2 Å². The van der Waals surface area contributed by atoms with Gasteiger partial charge in [0.25, 0.3) is 0 Å². The zero-order valence-corrected chi connectivity index (χ0v) is 30.5. The summed E-state index contributed by atoms with van der Waals surface area (Å²) in [6.45, 7) is 0. The normalized spacial score (nSPS) is 12.6. The van der Waals surface area contributed by atoms with Gasteiger partial charge >= 0.3 is 19.5 Å². The standard InChI is InChI=1S/C41H23N9O.Zn/c1-2-13-24-23(12-1)34-43-35(24)45-37-27-16-5-6-17-28(27)39(47-37)49-41-32-29(40(50-41)48-38-26-15-4-3-14-25(26)36(44-34)46-38)18-8-19-30(32)51-31-20-7-10-22-11-9-21-42-33(22)31;/h1-8,10,12-21H,9,11H2;/q-2;+2. The van der Waals surface area contributed by atoms with Gasteiger partial charge in [0.15, 0.2) is 5.75 Å². The van der Waals surface area contributed by atoms with Gasteiger partial charge in [0.2, 0.25) is 0 Å². The van der Waals surface area contributed by atoms with Crippen LogP contribution in [0.3, 0.4) is 0 Å². The largest absolute Gasteiger partial charge is 2.00 e. The van der Waals surface area contributed by atoms with Crippen LogP contribution in [-0.4, -0.2) is 36.1 Å². The number of benzene rings is 5. The Hall–Kier alpha value is -6.45. The van der Waals surface area contributed by atoms with E-state index in [0.29, 0.717) is 62.9 Å². The predicted octanol–water partition coefficient (Wildman–Crippen LogP) is 8.57. The van der Waals surface area contributed by atoms with Crippen LogP contribution in [-0.2, 0) is 25.9 Å². The van der Waals surface area contributed by atoms with Crippen LogP contribution in [0.4, 0.5) is 5.69 Å². The minimum atomic E-state index is 0. The van der Waals surface area contributed by atoms with E-state index in [1.165, 1.54) is 0 Å². The van der Waals surface area contributed by atoms with Gasteiger partial charge in [-0.05, 0) is 52.1 Å². The monoisotopic (exact) mass is 721 g/mol. The van der Waals surface area contributed by atoms with E-state index in [1.54, 1.807) is 0 Å². The molecule has 8 bridgehead atoms. The molecular weight excluding hydrogens is 700 g/mol. The van der Waals surface area contributed by atoms with Crippen molar-refractivity contribution in [2.75, 3.05) is 0 Å². The summed E-state index contributed by atoms with van der Waals surface area (Å²) in [5, 5.41) is 3.40. The van der Waals surface area contributed by atoms with E-state index in [2.05, 4.69) is 6.07 Å². The van der Waals surface area contributed by atoms with Crippen molar-refractivity contribution in [1.29, 1.82) is 0 Å². The van der Waals surface area contributed by atoms with Gasteiger partial charge in [0.1, 0.15) is 11.4 Å². The average molecular weight is 723 g/mol. The fraction of sp³-hybridized carbons (Fsp3) is 0.0488. The molecule has 11 heteroatoms. The maximum Gasteiger partial charge on any atom is 2.00 e. The number of para-hydroxylation sites is 1. The van der Waals surface area contributed by atoms with Crippen molar-refractivity contribution in [1.82, 2.24) is 39.9 Å². The molecule has 6 heterocycles. The molecule has 0 spiro atoms. The van der Waals surface area contributed by atoms with Gasteiger partial charge in [-0.25, -0.2) is 9.97 Å². The Balaban J connectivity index is 0.00000338. The van der Waals surface area contributed by atoms with Crippen molar-refractivity contribution in [2.45, 2.75) is 12.8 Å². The Morgan fingerprint density at radius 2 is 0.942 bits per heavy atom. The van der Waals surface area contributed by atoms with E-state index in [-0.39, 0.29) is 19.5 Å². The molecule has 0 aliphatic carbocycles. The van der Waals surface area contributed by atoms with Crippen LogP contribution in [0.5, 0.6) is 11.5 Å². The fourth-order valence-electron chi connectivity index (χ4n) is 7.10. The van der Waals surface area contributed by atoms with Crippen LogP contribution in [0.2, 0.25) is 0 Å². The number of rotatable bonds is 2. The molecule has 0 fully saturated rings. The number of aryl methyl sites for hydroxylation is 1. The van der Waals surface area contributed by atoms with Crippen LogP contribution in [0, 0.1) is 0 Å². The second-order valence-corrected chi connectivity index (χ2v) is 12.5. The van der Waals surface area contributed by atoms with Crippen LogP contribution in [0.25, 0.3) is 89.7 Å². The second-order valence-electron chi connectivity index (χ2n) is 12.5. The first kappa shape index (κ1) is 30.4. The molecule has 0 amide bonds. The number of hydrogen-bond donors (Lipinski definition) is 0. The molecule has 3 aliphatic rings. The summed E-state index contributed by atoms with van der Waals surface area (Å²) in [5.41, 5.74) is 7.22. The number of aliphatic imine (C=N–C) groups is 1. The van der Waals surface area contributed by atoms with Gasteiger partial charge in [0, 0.05) is 45.5 Å². The fourth-order valence-corrected chi connectivity index (χ4v) is 7.10. The molecule has 240 valence electrons. The molecule has 0 saturated carbocycles. The number of aromatic nitrogens is 8. The van der Waals surface area contributed by atoms with Crippen LogP contribution >= 0.6 is 0 Å². The van der Waals surface area contributed by atoms with Crippen molar-refractivity contribution in [3.63, 3.8) is 0 Å². The zero-order chi connectivity index (χ0) is 33.5. The summed E-state index contributed by atoms with van der Waals surface area (Å²) in [6.07, 6.45) is 3.76. The number of hydrogen-bond acceptors (Lipinski definition) is 8. The van der Waals surface area contributed by atoms with Crippen molar-refractivity contribution >= 4 is 56.0 Å². The van der Waals surface area contributed by atoms with Crippen LogP contribution in [0.1, 0.15) is 12.0 Å². The Bertz CT molecular complexity index is 2980. The minimum absolute atomic E-state index is 0. The summed E-state index contributed by atoms with van der Waals surface area (Å²) in [7, 11) is 0. The molecular formula is C41H23N9OZn. The molecule has 0 radical (unpaired) electrons. The summed E-state index contributed by atoms with van der Waals surface area (Å²) in [5.74, 6) is 3.19. The molecule has 0 atom stereocenters. The van der Waals surface area contributed by atoms with E-state index in [1.807, 2.05) is 109 Å². The third kappa shape index (κ3) is 4.70. The van der Waals surface area contributed by atoms with E-state index in [9.17, 15) is 0 Å². The topological polar surface area (TPSA) is 127 Å². The molecule has 0 N–H and O–H groups in total. The van der Waals surface area contributed by atoms with E-state index in [0.717, 1.165) is 62.3 Å². The summed E-state index contributed by atoms with van der Waals surface area (Å²) >= 11 is 0. The number of ether oxygens (including phenoxy) is 1. The second kappa shape index (κ2) is 11.8. The number of nitrogens with zero attached hydrogens (tertiary/aromatic N) is 9. The smallest absolute Gasteiger partial charge is 0.454 e. The molecule has 0 unspecified atom stereocenters. The van der Waals surface area contributed by atoms with Crippen LogP contribution < -0.4 is 14.7 Å². The maximum atomic E-state index is 6.69. The Kier molecular flexibility index (Phi) is 6.91. The van der Waals surface area contributed by atoms with Gasteiger partial charge in [0.05, 0.1) is 28.9 Å². The van der Waals surface area contributed by atoms with Crippen molar-refractivity contribution in [3.05, 3.63) is 115 Å². The molecule has 3 aromatic heterocycles. The first-order chi connectivity index (χ1) is 25.2. The van der Waals surface area contributed by atoms with Gasteiger partial charge in [-0.1, -0.05) is 97.1 Å². The van der Waals surface area contributed by atoms with Gasteiger partial charge in [-0.15, -0.1) is 0 Å². The Labute approximate surface area is 308 Å². The van der Waals surface area contributed by atoms with Crippen molar-refractivity contribution in [3.8, 4) is 57.1 Å². The molecule has 10 nitrogen and oxygen atoms in total. The average Bonchev–Trinajstić information content (AvgIpc) is 3.91. The van der Waals surface area contributed by atoms with Gasteiger partial charge in [-0.2, -0.15) is 0 Å². The minimum Gasteiger partial charge on any atom is -0.454 e. The van der Waals surface area contributed by atoms with Gasteiger partial charge in [-0.3, -0.25) is 4.99 Å². The third-order valence-electron chi connectivity index (χ3n) is 9.48. The van der Waals surface area contributed by atoms with Gasteiger partial charge < -0.3 is 34.6 Å². The number of fused-ring (bicyclic) bond motifs is 21. The molecule has 8 aromatic rings. The summed E-state index contributed by atoms with van der Waals surface area (Å²) in [6, 6.07) is 35.7. The molecule has 5 aromatic carbocycles. The Morgan fingerprint density at radius 1 is 0.462 bits per heavy atom. The van der Waals surface area contributed by atoms with Crippen LogP contribution in [0.15, 0.2) is 114 Å². The SMILES string of the molecule is C1=Nc2c(cccc2Oc2cccc3c2-c2nc-3nc3[n-]c(nc4nc(nc5[n-]c(n2)c2ccccc52)-c2ccccc2-4)c2ccccc32)CC1.[Zn+2]. The Morgan fingerprint density at radius 3 is 1.56 bits per heavy atom. The summed E-state index contributed by atoms with van der Waals surface area (Å²) < 4.78 is 6.69. The third-order valence-corrected chi connectivity index (χ3v) is 9.48. The van der Waals surface area contributed by atoms with Crippen molar-refractivity contribution in [2.24, 2.45) is 4.99 Å². The predicted molar refractivity (Wildman–Crippen MR) is 197 cm³/mol.